The molecule has 0 aromatic carbocycles. The van der Waals surface area contributed by atoms with Crippen LogP contribution in [0.15, 0.2) is 12.2 Å². The second-order valence-electron chi connectivity index (χ2n) is 7.47. The lowest BCUT2D eigenvalue weighted by Crippen LogP contribution is -2.51. The Morgan fingerprint density at radius 2 is 2.06 bits per heavy atom. The van der Waals surface area contributed by atoms with Crippen molar-refractivity contribution in [1.82, 2.24) is 0 Å². The van der Waals surface area contributed by atoms with Crippen LogP contribution in [0.3, 0.4) is 0 Å². The average Bonchev–Trinajstić information content (AvgIpc) is 3.06. The second kappa shape index (κ2) is 3.20. The highest BCUT2D eigenvalue weighted by molar-refractivity contribution is 5.78. The minimum Gasteiger partial charge on any atom is -0.481 e. The van der Waals surface area contributed by atoms with Gasteiger partial charge in [0.15, 0.2) is 0 Å². The van der Waals surface area contributed by atoms with Crippen LogP contribution in [0.5, 0.6) is 0 Å². The molecule has 0 radical (unpaired) electrons. The van der Waals surface area contributed by atoms with Crippen LogP contribution in [-0.4, -0.2) is 11.1 Å². The molecular formula is C16H22O2. The van der Waals surface area contributed by atoms with E-state index in [1.165, 1.54) is 25.7 Å². The van der Waals surface area contributed by atoms with E-state index in [9.17, 15) is 9.90 Å². The van der Waals surface area contributed by atoms with Crippen LogP contribution in [0.4, 0.5) is 0 Å². The van der Waals surface area contributed by atoms with Gasteiger partial charge >= 0.3 is 5.97 Å². The topological polar surface area (TPSA) is 37.3 Å². The molecule has 0 saturated heterocycles. The second-order valence-corrected chi connectivity index (χ2v) is 7.47. The molecule has 0 aromatic heterocycles. The van der Waals surface area contributed by atoms with Crippen molar-refractivity contribution in [3.8, 4) is 0 Å². The van der Waals surface area contributed by atoms with Crippen LogP contribution < -0.4 is 0 Å². The minimum absolute atomic E-state index is 0.0614. The molecule has 6 atom stereocenters. The largest absolute Gasteiger partial charge is 0.481 e. The third kappa shape index (κ3) is 1.05. The monoisotopic (exact) mass is 246 g/mol. The van der Waals surface area contributed by atoms with Gasteiger partial charge in [-0.25, -0.2) is 0 Å². The van der Waals surface area contributed by atoms with Crippen LogP contribution in [0, 0.1) is 34.5 Å². The first-order valence-corrected chi connectivity index (χ1v) is 7.48. The predicted molar refractivity (Wildman–Crippen MR) is 69.0 cm³/mol. The zero-order valence-electron chi connectivity index (χ0n) is 11.1. The number of allylic oxidation sites excluding steroid dienone is 2. The number of fused-ring (bicyclic) bond motifs is 4. The molecule has 98 valence electrons. The van der Waals surface area contributed by atoms with Crippen molar-refractivity contribution in [2.45, 2.75) is 45.4 Å². The van der Waals surface area contributed by atoms with Gasteiger partial charge in [-0.15, -0.1) is 0 Å². The van der Waals surface area contributed by atoms with Gasteiger partial charge in [0.05, 0.1) is 5.41 Å². The summed E-state index contributed by atoms with van der Waals surface area (Å²) in [5.74, 6) is 1.84. The molecule has 0 heterocycles. The smallest absolute Gasteiger partial charge is 0.310 e. The molecule has 0 aromatic rings. The summed E-state index contributed by atoms with van der Waals surface area (Å²) in [7, 11) is 0. The molecule has 18 heavy (non-hydrogen) atoms. The van der Waals surface area contributed by atoms with Gasteiger partial charge in [-0.3, -0.25) is 4.79 Å². The Kier molecular flexibility index (Phi) is 1.97. The van der Waals surface area contributed by atoms with Crippen molar-refractivity contribution in [2.24, 2.45) is 34.5 Å². The normalized spacial score (nSPS) is 56.5. The fraction of sp³-hybridized carbons (Fsp3) is 0.812. The summed E-state index contributed by atoms with van der Waals surface area (Å²) in [5.41, 5.74) is -0.377. The first kappa shape index (κ1) is 11.1. The molecule has 4 rings (SSSR count). The van der Waals surface area contributed by atoms with Crippen LogP contribution in [0.1, 0.15) is 45.4 Å². The van der Waals surface area contributed by atoms with E-state index in [0.717, 1.165) is 18.8 Å². The standard InChI is InChI=1S/C16H22O2/c1-15(8-10-2-4-12(15)6-10)16(14(17)18)9-11-3-5-13(16)7-11/h3,5,10-13H,2,4,6-9H2,1H3,(H,17,18). The molecule has 2 nitrogen and oxygen atoms in total. The van der Waals surface area contributed by atoms with E-state index in [-0.39, 0.29) is 5.41 Å². The molecule has 0 amide bonds. The minimum atomic E-state index is -0.505. The van der Waals surface area contributed by atoms with Crippen molar-refractivity contribution in [2.75, 3.05) is 0 Å². The Balaban J connectivity index is 1.81. The summed E-state index contributed by atoms with van der Waals surface area (Å²) in [6.07, 6.45) is 11.6. The molecule has 4 aliphatic carbocycles. The van der Waals surface area contributed by atoms with Crippen molar-refractivity contribution in [1.29, 1.82) is 0 Å². The van der Waals surface area contributed by atoms with E-state index in [4.69, 9.17) is 0 Å². The summed E-state index contributed by atoms with van der Waals surface area (Å²) >= 11 is 0. The third-order valence-electron chi connectivity index (χ3n) is 6.95. The molecule has 0 aliphatic heterocycles. The number of aliphatic carboxylic acids is 1. The Labute approximate surface area is 108 Å². The zero-order chi connectivity index (χ0) is 12.5. The van der Waals surface area contributed by atoms with Gasteiger partial charge in [0.25, 0.3) is 0 Å². The SMILES string of the molecule is CC1(C2(C(=O)O)CC3C=CC2C3)CC2CCC1C2. The molecule has 3 saturated carbocycles. The summed E-state index contributed by atoms with van der Waals surface area (Å²) in [6, 6.07) is 0. The number of carboxylic acid groups (broad SMARTS) is 1. The quantitative estimate of drug-likeness (QED) is 0.757. The van der Waals surface area contributed by atoms with Crippen LogP contribution in [-0.2, 0) is 4.79 Å². The number of hydrogen-bond acceptors (Lipinski definition) is 1. The highest BCUT2D eigenvalue weighted by atomic mass is 16.4. The van der Waals surface area contributed by atoms with Gasteiger partial charge in [-0.2, -0.15) is 0 Å². The maximum absolute atomic E-state index is 12.1. The van der Waals surface area contributed by atoms with Gasteiger partial charge in [-0.1, -0.05) is 25.5 Å². The number of hydrogen-bond donors (Lipinski definition) is 1. The lowest BCUT2D eigenvalue weighted by molar-refractivity contribution is -0.165. The van der Waals surface area contributed by atoms with Crippen LogP contribution in [0.2, 0.25) is 0 Å². The van der Waals surface area contributed by atoms with E-state index in [1.54, 1.807) is 0 Å². The molecular weight excluding hydrogens is 224 g/mol. The zero-order valence-corrected chi connectivity index (χ0v) is 11.1. The van der Waals surface area contributed by atoms with Gasteiger partial charge < -0.3 is 5.11 Å². The van der Waals surface area contributed by atoms with Crippen LogP contribution >= 0.6 is 0 Å². The Hall–Kier alpha value is -0.790. The van der Waals surface area contributed by atoms with Crippen molar-refractivity contribution in [3.63, 3.8) is 0 Å². The third-order valence-corrected chi connectivity index (χ3v) is 6.95. The van der Waals surface area contributed by atoms with Gasteiger partial charge in [0, 0.05) is 0 Å². The van der Waals surface area contributed by atoms with E-state index < -0.39 is 11.4 Å². The maximum atomic E-state index is 12.1. The molecule has 6 unspecified atom stereocenters. The Morgan fingerprint density at radius 3 is 2.50 bits per heavy atom. The number of carbonyl (C=O) groups is 1. The predicted octanol–water partition coefficient (Wildman–Crippen LogP) is 3.48. The molecule has 0 spiro atoms. The number of rotatable bonds is 2. The highest BCUT2D eigenvalue weighted by Gasteiger charge is 2.68. The number of carboxylic acids is 1. The van der Waals surface area contributed by atoms with Crippen molar-refractivity contribution >= 4 is 5.97 Å². The average molecular weight is 246 g/mol. The first-order valence-electron chi connectivity index (χ1n) is 7.48. The van der Waals surface area contributed by atoms with Gasteiger partial charge in [-0.05, 0) is 61.2 Å². The van der Waals surface area contributed by atoms with E-state index >= 15 is 0 Å². The summed E-state index contributed by atoms with van der Waals surface area (Å²) < 4.78 is 0. The lowest BCUT2D eigenvalue weighted by Gasteiger charge is -2.50. The highest BCUT2D eigenvalue weighted by Crippen LogP contribution is 2.70. The maximum Gasteiger partial charge on any atom is 0.310 e. The van der Waals surface area contributed by atoms with Crippen molar-refractivity contribution < 1.29 is 9.90 Å². The fourth-order valence-corrected chi connectivity index (χ4v) is 6.15. The summed E-state index contributed by atoms with van der Waals surface area (Å²) in [4.78, 5) is 12.1. The Morgan fingerprint density at radius 1 is 1.22 bits per heavy atom. The fourth-order valence-electron chi connectivity index (χ4n) is 6.15. The molecule has 4 aliphatic rings. The summed E-state index contributed by atoms with van der Waals surface area (Å²) in [6.45, 7) is 2.31. The van der Waals surface area contributed by atoms with E-state index in [1.807, 2.05) is 0 Å². The lowest BCUT2D eigenvalue weighted by atomic mass is 9.52. The molecule has 4 bridgehead atoms. The van der Waals surface area contributed by atoms with Gasteiger partial charge in [0.1, 0.15) is 0 Å². The Bertz CT molecular complexity index is 440. The first-order chi connectivity index (χ1) is 8.56. The summed E-state index contributed by atoms with van der Waals surface area (Å²) in [5, 5.41) is 10.0. The van der Waals surface area contributed by atoms with Crippen LogP contribution in [0.25, 0.3) is 0 Å². The van der Waals surface area contributed by atoms with Crippen molar-refractivity contribution in [3.05, 3.63) is 12.2 Å². The molecule has 2 heteroatoms. The van der Waals surface area contributed by atoms with Gasteiger partial charge in [0.2, 0.25) is 0 Å². The van der Waals surface area contributed by atoms with E-state index in [2.05, 4.69) is 19.1 Å². The van der Waals surface area contributed by atoms with E-state index in [0.29, 0.717) is 17.8 Å². The molecule has 3 fully saturated rings. The molecule has 1 N–H and O–H groups in total.